The van der Waals surface area contributed by atoms with Crippen LogP contribution in [0, 0.1) is 11.8 Å². The third-order valence-electron chi connectivity index (χ3n) is 4.75. The number of amides is 1. The fourth-order valence-corrected chi connectivity index (χ4v) is 3.36. The van der Waals surface area contributed by atoms with Crippen LogP contribution in [0.15, 0.2) is 24.5 Å². The molecule has 1 amide bonds. The lowest BCUT2D eigenvalue weighted by molar-refractivity contribution is 0.0926. The highest BCUT2D eigenvalue weighted by atomic mass is 16.1. The van der Waals surface area contributed by atoms with Crippen molar-refractivity contribution in [1.29, 1.82) is 0 Å². The lowest BCUT2D eigenvalue weighted by atomic mass is 9.93. The summed E-state index contributed by atoms with van der Waals surface area (Å²) in [5.41, 5.74) is 2.50. The van der Waals surface area contributed by atoms with Gasteiger partial charge in [-0.15, -0.1) is 0 Å². The zero-order valence-corrected chi connectivity index (χ0v) is 12.0. The van der Waals surface area contributed by atoms with Crippen molar-refractivity contribution in [1.82, 2.24) is 15.3 Å². The molecule has 3 atom stereocenters. The molecule has 0 saturated heterocycles. The summed E-state index contributed by atoms with van der Waals surface area (Å²) in [6, 6.07) is 5.91. The van der Waals surface area contributed by atoms with Gasteiger partial charge >= 0.3 is 0 Å². The summed E-state index contributed by atoms with van der Waals surface area (Å²) in [5, 5.41) is 3.19. The number of fused-ring (bicyclic) bond motifs is 1. The average molecular weight is 271 g/mol. The van der Waals surface area contributed by atoms with Gasteiger partial charge in [-0.3, -0.25) is 4.79 Å². The minimum atomic E-state index is 0.0232. The quantitative estimate of drug-likeness (QED) is 0.901. The SMILES string of the molecule is CCC1CCC(NC(=O)c2ccc3nc[nH]c3c2)C1C. The predicted octanol–water partition coefficient (Wildman–Crippen LogP) is 3.12. The first kappa shape index (κ1) is 13.2. The van der Waals surface area contributed by atoms with E-state index in [2.05, 4.69) is 29.1 Å². The molecule has 1 aromatic carbocycles. The van der Waals surface area contributed by atoms with Gasteiger partial charge in [-0.05, 0) is 42.9 Å². The molecule has 106 valence electrons. The first-order valence-electron chi connectivity index (χ1n) is 7.43. The van der Waals surface area contributed by atoms with Crippen LogP contribution >= 0.6 is 0 Å². The number of benzene rings is 1. The average Bonchev–Trinajstić information content (AvgIpc) is 3.05. The zero-order chi connectivity index (χ0) is 14.1. The molecule has 2 aromatic rings. The molecule has 1 fully saturated rings. The topological polar surface area (TPSA) is 57.8 Å². The van der Waals surface area contributed by atoms with Gasteiger partial charge in [0.15, 0.2) is 0 Å². The van der Waals surface area contributed by atoms with Crippen molar-refractivity contribution >= 4 is 16.9 Å². The third-order valence-corrected chi connectivity index (χ3v) is 4.75. The number of hydrogen-bond acceptors (Lipinski definition) is 2. The van der Waals surface area contributed by atoms with E-state index in [0.29, 0.717) is 17.5 Å². The number of H-pyrrole nitrogens is 1. The highest BCUT2D eigenvalue weighted by Gasteiger charge is 2.32. The van der Waals surface area contributed by atoms with Crippen LogP contribution < -0.4 is 5.32 Å². The standard InChI is InChI=1S/C16H21N3O/c1-3-11-4-6-13(10(11)2)19-16(20)12-5-7-14-15(8-12)18-9-17-14/h5,7-11,13H,3-4,6H2,1-2H3,(H,17,18)(H,19,20). The molecule has 4 nitrogen and oxygen atoms in total. The Hall–Kier alpha value is -1.84. The van der Waals surface area contributed by atoms with Crippen molar-refractivity contribution in [3.63, 3.8) is 0 Å². The number of aromatic nitrogens is 2. The van der Waals surface area contributed by atoms with E-state index in [4.69, 9.17) is 0 Å². The highest BCUT2D eigenvalue weighted by Crippen LogP contribution is 2.34. The van der Waals surface area contributed by atoms with Crippen molar-refractivity contribution in [3.05, 3.63) is 30.1 Å². The third kappa shape index (κ3) is 2.30. The maximum atomic E-state index is 12.4. The number of imidazole rings is 1. The highest BCUT2D eigenvalue weighted by molar-refractivity contribution is 5.97. The van der Waals surface area contributed by atoms with Gasteiger partial charge in [0.1, 0.15) is 0 Å². The number of carbonyl (C=O) groups is 1. The Morgan fingerprint density at radius 2 is 2.30 bits per heavy atom. The molecule has 1 aliphatic rings. The molecular formula is C16H21N3O. The Bertz CT molecular complexity index is 619. The molecule has 0 spiro atoms. The van der Waals surface area contributed by atoms with Gasteiger partial charge in [0.05, 0.1) is 17.4 Å². The molecule has 20 heavy (non-hydrogen) atoms. The van der Waals surface area contributed by atoms with Gasteiger partial charge < -0.3 is 10.3 Å². The fourth-order valence-electron chi connectivity index (χ4n) is 3.36. The molecule has 0 aliphatic heterocycles. The van der Waals surface area contributed by atoms with Crippen LogP contribution in [0.3, 0.4) is 0 Å². The maximum absolute atomic E-state index is 12.4. The zero-order valence-electron chi connectivity index (χ0n) is 12.0. The molecule has 3 unspecified atom stereocenters. The molecule has 1 saturated carbocycles. The second-order valence-corrected chi connectivity index (χ2v) is 5.82. The molecule has 1 aromatic heterocycles. The summed E-state index contributed by atoms with van der Waals surface area (Å²) in [6.07, 6.45) is 5.17. The molecule has 4 heteroatoms. The van der Waals surface area contributed by atoms with E-state index < -0.39 is 0 Å². The summed E-state index contributed by atoms with van der Waals surface area (Å²) in [4.78, 5) is 19.6. The number of carbonyl (C=O) groups excluding carboxylic acids is 1. The van der Waals surface area contributed by atoms with Gasteiger partial charge in [0.2, 0.25) is 0 Å². The Kier molecular flexibility index (Phi) is 3.47. The largest absolute Gasteiger partial charge is 0.349 e. The Morgan fingerprint density at radius 1 is 1.45 bits per heavy atom. The maximum Gasteiger partial charge on any atom is 0.251 e. The first-order valence-corrected chi connectivity index (χ1v) is 7.43. The second-order valence-electron chi connectivity index (χ2n) is 5.82. The first-order chi connectivity index (χ1) is 9.69. The van der Waals surface area contributed by atoms with E-state index in [1.165, 1.54) is 12.8 Å². The van der Waals surface area contributed by atoms with E-state index in [1.54, 1.807) is 6.33 Å². The molecule has 0 bridgehead atoms. The predicted molar refractivity (Wildman–Crippen MR) is 79.5 cm³/mol. The molecule has 1 heterocycles. The summed E-state index contributed by atoms with van der Waals surface area (Å²) < 4.78 is 0. The Morgan fingerprint density at radius 3 is 3.05 bits per heavy atom. The van der Waals surface area contributed by atoms with Gasteiger partial charge in [0, 0.05) is 11.6 Å². The van der Waals surface area contributed by atoms with Crippen LogP contribution in [-0.4, -0.2) is 21.9 Å². The van der Waals surface area contributed by atoms with E-state index in [1.807, 2.05) is 18.2 Å². The number of nitrogens with zero attached hydrogens (tertiary/aromatic N) is 1. The van der Waals surface area contributed by atoms with E-state index in [-0.39, 0.29) is 5.91 Å². The summed E-state index contributed by atoms with van der Waals surface area (Å²) in [7, 11) is 0. The monoisotopic (exact) mass is 271 g/mol. The van der Waals surface area contributed by atoms with Crippen LogP contribution in [0.1, 0.15) is 43.5 Å². The molecule has 3 rings (SSSR count). The molecule has 0 radical (unpaired) electrons. The van der Waals surface area contributed by atoms with Gasteiger partial charge in [-0.1, -0.05) is 20.3 Å². The van der Waals surface area contributed by atoms with Crippen molar-refractivity contribution in [3.8, 4) is 0 Å². The second kappa shape index (κ2) is 5.27. The summed E-state index contributed by atoms with van der Waals surface area (Å²) >= 11 is 0. The Labute approximate surface area is 119 Å². The minimum absolute atomic E-state index is 0.0232. The number of nitrogens with one attached hydrogen (secondary N) is 2. The minimum Gasteiger partial charge on any atom is -0.349 e. The number of hydrogen-bond donors (Lipinski definition) is 2. The lowest BCUT2D eigenvalue weighted by Gasteiger charge is -2.21. The van der Waals surface area contributed by atoms with Crippen LogP contribution in [-0.2, 0) is 0 Å². The van der Waals surface area contributed by atoms with E-state index in [0.717, 1.165) is 23.4 Å². The molecule has 1 aliphatic carbocycles. The van der Waals surface area contributed by atoms with Crippen LogP contribution in [0.4, 0.5) is 0 Å². The smallest absolute Gasteiger partial charge is 0.251 e. The summed E-state index contributed by atoms with van der Waals surface area (Å²) in [5.74, 6) is 1.34. The van der Waals surface area contributed by atoms with Gasteiger partial charge in [0.25, 0.3) is 5.91 Å². The van der Waals surface area contributed by atoms with Gasteiger partial charge in [-0.2, -0.15) is 0 Å². The number of rotatable bonds is 3. The van der Waals surface area contributed by atoms with E-state index >= 15 is 0 Å². The summed E-state index contributed by atoms with van der Waals surface area (Å²) in [6.45, 7) is 4.49. The van der Waals surface area contributed by atoms with Crippen molar-refractivity contribution in [2.75, 3.05) is 0 Å². The lowest BCUT2D eigenvalue weighted by Crippen LogP contribution is -2.37. The van der Waals surface area contributed by atoms with Gasteiger partial charge in [-0.25, -0.2) is 4.98 Å². The van der Waals surface area contributed by atoms with E-state index in [9.17, 15) is 4.79 Å². The normalized spacial score (nSPS) is 26.0. The van der Waals surface area contributed by atoms with Crippen molar-refractivity contribution in [2.24, 2.45) is 11.8 Å². The fraction of sp³-hybridized carbons (Fsp3) is 0.500. The Balaban J connectivity index is 1.73. The van der Waals surface area contributed by atoms with Crippen molar-refractivity contribution < 1.29 is 4.79 Å². The van der Waals surface area contributed by atoms with Crippen LogP contribution in [0.2, 0.25) is 0 Å². The molecular weight excluding hydrogens is 250 g/mol. The van der Waals surface area contributed by atoms with Crippen molar-refractivity contribution in [2.45, 2.75) is 39.2 Å². The van der Waals surface area contributed by atoms with Crippen LogP contribution in [0.25, 0.3) is 11.0 Å². The number of aromatic amines is 1. The van der Waals surface area contributed by atoms with Crippen LogP contribution in [0.5, 0.6) is 0 Å². The molecule has 2 N–H and O–H groups in total.